The molecule has 0 radical (unpaired) electrons. The maximum absolute atomic E-state index is 14.4. The Morgan fingerprint density at radius 2 is 1.22 bits per heavy atom. The predicted octanol–water partition coefficient (Wildman–Crippen LogP) is 6.95. The molecule has 55 heavy (non-hydrogen) atoms. The minimum atomic E-state index is -1.23. The van der Waals surface area contributed by atoms with E-state index in [1.165, 1.54) is 18.9 Å². The summed E-state index contributed by atoms with van der Waals surface area (Å²) < 4.78 is 9.85. The fraction of sp³-hybridized carbons (Fsp3) is 0.244. The fourth-order valence-electron chi connectivity index (χ4n) is 7.60. The summed E-state index contributed by atoms with van der Waals surface area (Å²) in [4.78, 5) is 53.5. The van der Waals surface area contributed by atoms with Crippen LogP contribution in [0.1, 0.15) is 53.0 Å². The number of thioether (sulfide) groups is 1. The highest BCUT2D eigenvalue weighted by Crippen LogP contribution is 2.49. The Morgan fingerprint density at radius 1 is 0.727 bits per heavy atom. The van der Waals surface area contributed by atoms with Gasteiger partial charge in [0.05, 0.1) is 11.9 Å². The van der Waals surface area contributed by atoms with Crippen LogP contribution in [0.2, 0.25) is 0 Å². The first-order valence-electron chi connectivity index (χ1n) is 18.4. The minimum Gasteiger partial charge on any atom is -0.468 e. The molecule has 280 valence electrons. The van der Waals surface area contributed by atoms with Gasteiger partial charge in [0.15, 0.2) is 0 Å². The van der Waals surface area contributed by atoms with Crippen molar-refractivity contribution in [2.45, 2.75) is 41.5 Å². The maximum atomic E-state index is 14.4. The number of fused-ring (bicyclic) bond motifs is 3. The van der Waals surface area contributed by atoms with E-state index < -0.39 is 40.2 Å². The van der Waals surface area contributed by atoms with E-state index in [1.807, 2.05) is 91.0 Å². The van der Waals surface area contributed by atoms with Gasteiger partial charge < -0.3 is 25.4 Å². The number of amides is 3. The van der Waals surface area contributed by atoms with Gasteiger partial charge in [-0.3, -0.25) is 14.4 Å². The molecular formula is C45H43N3O6S. The number of nitrogens with one attached hydrogen (secondary N) is 3. The summed E-state index contributed by atoms with van der Waals surface area (Å²) in [5.74, 6) is -1.65. The summed E-state index contributed by atoms with van der Waals surface area (Å²) in [6.07, 6.45) is 0.742. The molecule has 1 atom stereocenters. The molecule has 0 saturated heterocycles. The predicted molar refractivity (Wildman–Crippen MR) is 213 cm³/mol. The molecule has 3 N–H and O–H groups in total. The van der Waals surface area contributed by atoms with Gasteiger partial charge in [-0.05, 0) is 58.2 Å². The molecule has 1 saturated carbocycles. The number of methoxy groups -OCH3 is 1. The van der Waals surface area contributed by atoms with Crippen LogP contribution < -0.4 is 16.0 Å². The van der Waals surface area contributed by atoms with E-state index in [0.717, 1.165) is 38.9 Å². The number of esters is 1. The summed E-state index contributed by atoms with van der Waals surface area (Å²) in [5.41, 5.74) is 6.12. The van der Waals surface area contributed by atoms with Crippen LogP contribution in [-0.4, -0.2) is 61.5 Å². The van der Waals surface area contributed by atoms with E-state index in [-0.39, 0.29) is 24.8 Å². The summed E-state index contributed by atoms with van der Waals surface area (Å²) in [5, 5.41) is 8.46. The molecule has 1 unspecified atom stereocenters. The largest absolute Gasteiger partial charge is 0.468 e. The molecule has 0 heterocycles. The minimum absolute atomic E-state index is 0.0726. The molecule has 9 nitrogen and oxygen atoms in total. The number of carbonyl (C=O) groups excluding carboxylic acids is 4. The second-order valence-electron chi connectivity index (χ2n) is 13.8. The first-order chi connectivity index (χ1) is 26.8. The number of rotatable bonds is 14. The van der Waals surface area contributed by atoms with Gasteiger partial charge >= 0.3 is 12.1 Å². The van der Waals surface area contributed by atoms with Crippen molar-refractivity contribution in [3.05, 3.63) is 167 Å². The summed E-state index contributed by atoms with van der Waals surface area (Å²) in [6.45, 7) is -0.249. The van der Waals surface area contributed by atoms with Gasteiger partial charge in [-0.25, -0.2) is 4.79 Å². The number of alkyl carbamates (subject to hydrolysis) is 1. The second kappa shape index (κ2) is 16.7. The molecule has 0 spiro atoms. The summed E-state index contributed by atoms with van der Waals surface area (Å²) >= 11 is 1.52. The zero-order valence-electron chi connectivity index (χ0n) is 30.5. The average Bonchev–Trinajstić information content (AvgIpc) is 3.54. The Morgan fingerprint density at radius 3 is 1.69 bits per heavy atom. The van der Waals surface area contributed by atoms with E-state index >= 15 is 0 Å². The van der Waals surface area contributed by atoms with Crippen LogP contribution in [0.25, 0.3) is 11.1 Å². The topological polar surface area (TPSA) is 123 Å². The lowest BCUT2D eigenvalue weighted by atomic mass is 9.75. The fourth-order valence-corrected chi connectivity index (χ4v) is 9.16. The van der Waals surface area contributed by atoms with Crippen molar-refractivity contribution in [2.75, 3.05) is 26.0 Å². The van der Waals surface area contributed by atoms with E-state index in [9.17, 15) is 19.2 Å². The molecule has 5 aromatic rings. The molecule has 0 aliphatic heterocycles. The number of hydrogen-bond donors (Lipinski definition) is 3. The van der Waals surface area contributed by atoms with Gasteiger partial charge in [0.2, 0.25) is 11.8 Å². The maximum Gasteiger partial charge on any atom is 0.407 e. The molecule has 0 bridgehead atoms. The zero-order chi connectivity index (χ0) is 38.3. The second-order valence-corrected chi connectivity index (χ2v) is 15.0. The van der Waals surface area contributed by atoms with Gasteiger partial charge in [0.25, 0.3) is 0 Å². The van der Waals surface area contributed by atoms with E-state index in [2.05, 4.69) is 64.5 Å². The highest BCUT2D eigenvalue weighted by molar-refractivity contribution is 8.00. The van der Waals surface area contributed by atoms with Crippen molar-refractivity contribution < 1.29 is 28.7 Å². The Balaban J connectivity index is 1.18. The van der Waals surface area contributed by atoms with Crippen LogP contribution in [0.3, 0.4) is 0 Å². The zero-order valence-corrected chi connectivity index (χ0v) is 31.4. The normalized spacial score (nSPS) is 14.6. The van der Waals surface area contributed by atoms with Crippen LogP contribution in [0.4, 0.5) is 4.79 Å². The lowest BCUT2D eigenvalue weighted by molar-refractivity contribution is -0.143. The molecule has 2 aliphatic rings. The number of hydrogen-bond acceptors (Lipinski definition) is 7. The Hall–Kier alpha value is -5.87. The SMILES string of the molecule is COC(=O)CNC(=O)C1(NC(=O)C(CSC(c2ccccc2)(c2ccccc2)c2ccccc2)NC(=O)OCC2c3ccccc3-c3ccccc32)CCC1. The highest BCUT2D eigenvalue weighted by atomic mass is 32.2. The Kier molecular flexibility index (Phi) is 11.3. The number of benzene rings is 5. The van der Waals surface area contributed by atoms with E-state index in [1.54, 1.807) is 0 Å². The van der Waals surface area contributed by atoms with Gasteiger partial charge in [0, 0.05) is 11.7 Å². The van der Waals surface area contributed by atoms with Crippen LogP contribution in [0.15, 0.2) is 140 Å². The van der Waals surface area contributed by atoms with Gasteiger partial charge in [-0.15, -0.1) is 11.8 Å². The van der Waals surface area contributed by atoms with Crippen LogP contribution in [-0.2, 0) is 28.6 Å². The monoisotopic (exact) mass is 753 g/mol. The lowest BCUT2D eigenvalue weighted by Gasteiger charge is -2.42. The number of carbonyl (C=O) groups is 4. The van der Waals surface area contributed by atoms with Crippen molar-refractivity contribution in [2.24, 2.45) is 0 Å². The molecule has 10 heteroatoms. The molecule has 0 aromatic heterocycles. The van der Waals surface area contributed by atoms with Gasteiger partial charge in [0.1, 0.15) is 24.7 Å². The molecular weight excluding hydrogens is 711 g/mol. The average molecular weight is 754 g/mol. The first kappa shape index (κ1) is 37.4. The van der Waals surface area contributed by atoms with Crippen LogP contribution in [0, 0.1) is 0 Å². The molecule has 3 amide bonds. The van der Waals surface area contributed by atoms with Crippen molar-refractivity contribution in [3.8, 4) is 11.1 Å². The first-order valence-corrected chi connectivity index (χ1v) is 19.4. The third-order valence-electron chi connectivity index (χ3n) is 10.6. The van der Waals surface area contributed by atoms with Crippen molar-refractivity contribution in [3.63, 3.8) is 0 Å². The number of ether oxygens (including phenoxy) is 2. The summed E-state index contributed by atoms with van der Waals surface area (Å²) in [7, 11) is 1.24. The third-order valence-corrected chi connectivity index (χ3v) is 12.2. The van der Waals surface area contributed by atoms with Crippen LogP contribution >= 0.6 is 11.8 Å². The van der Waals surface area contributed by atoms with Gasteiger partial charge in [-0.1, -0.05) is 140 Å². The molecule has 1 fully saturated rings. The quantitative estimate of drug-likeness (QED) is 0.0829. The highest BCUT2D eigenvalue weighted by Gasteiger charge is 2.47. The Bertz CT molecular complexity index is 2000. The molecule has 7 rings (SSSR count). The molecule has 5 aromatic carbocycles. The van der Waals surface area contributed by atoms with Crippen LogP contribution in [0.5, 0.6) is 0 Å². The standard InChI is InChI=1S/C45H43N3O6S/c1-53-40(49)28-46-42(51)44(26-15-27-44)48-41(50)39(47-43(52)54-29-38-36-24-13-11-22-34(36)35-23-12-14-25-37(35)38)30-55-45(31-16-5-2-6-17-31,32-18-7-3-8-19-32)33-20-9-4-10-21-33/h2-14,16-25,38-39H,15,26-30H2,1H3,(H,46,51)(H,47,52)(H,48,50). The summed E-state index contributed by atoms with van der Waals surface area (Å²) in [6, 6.07) is 45.3. The third kappa shape index (κ3) is 7.73. The van der Waals surface area contributed by atoms with Gasteiger partial charge in [-0.2, -0.15) is 0 Å². The van der Waals surface area contributed by atoms with E-state index in [0.29, 0.717) is 19.3 Å². The smallest absolute Gasteiger partial charge is 0.407 e. The van der Waals surface area contributed by atoms with Crippen molar-refractivity contribution in [1.82, 2.24) is 16.0 Å². The van der Waals surface area contributed by atoms with E-state index in [4.69, 9.17) is 9.47 Å². The van der Waals surface area contributed by atoms with Crippen molar-refractivity contribution >= 4 is 35.6 Å². The lowest BCUT2D eigenvalue weighted by Crippen LogP contribution is -2.66. The van der Waals surface area contributed by atoms with Crippen molar-refractivity contribution in [1.29, 1.82) is 0 Å². The molecule has 2 aliphatic carbocycles. The Labute approximate surface area is 325 Å².